The van der Waals surface area contributed by atoms with Crippen LogP contribution in [0.25, 0.3) is 4.85 Å². The van der Waals surface area contributed by atoms with Gasteiger partial charge in [-0.3, -0.25) is 0 Å². The molecule has 0 saturated carbocycles. The summed E-state index contributed by atoms with van der Waals surface area (Å²) in [5, 5.41) is 8.75. The van der Waals surface area contributed by atoms with Crippen molar-refractivity contribution in [2.45, 2.75) is 11.4 Å². The molecule has 0 saturated heterocycles. The van der Waals surface area contributed by atoms with Crippen molar-refractivity contribution in [3.63, 3.8) is 0 Å². The minimum atomic E-state index is -3.61. The summed E-state index contributed by atoms with van der Waals surface area (Å²) >= 11 is 0. The average Bonchev–Trinajstić information content (AvgIpc) is 2.55. The van der Waals surface area contributed by atoms with Crippen molar-refractivity contribution in [2.24, 2.45) is 0 Å². The molecule has 22 heavy (non-hydrogen) atoms. The van der Waals surface area contributed by atoms with Gasteiger partial charge in [0.2, 0.25) is 10.0 Å². The Morgan fingerprint density at radius 3 is 2.23 bits per heavy atom. The summed E-state index contributed by atoms with van der Waals surface area (Å²) in [6.07, 6.45) is 0. The molecule has 0 spiro atoms. The Labute approximate surface area is 129 Å². The predicted molar refractivity (Wildman–Crippen MR) is 82.5 cm³/mol. The maximum absolute atomic E-state index is 12.5. The fraction of sp³-hybridized carbons (Fsp3) is 0.125. The average molecular weight is 311 g/mol. The molecule has 2 rings (SSSR count). The summed E-state index contributed by atoms with van der Waals surface area (Å²) in [6, 6.07) is 14.5. The zero-order chi connectivity index (χ0) is 16.2. The first-order chi connectivity index (χ1) is 10.5. The minimum Gasteiger partial charge on any atom is -0.238 e. The summed E-state index contributed by atoms with van der Waals surface area (Å²) in [5.41, 5.74) is 1.73. The van der Waals surface area contributed by atoms with E-state index in [0.29, 0.717) is 11.3 Å². The first-order valence-electron chi connectivity index (χ1n) is 6.40. The fourth-order valence-corrected chi connectivity index (χ4v) is 3.06. The first kappa shape index (κ1) is 15.7. The first-order valence-corrected chi connectivity index (χ1v) is 7.84. The van der Waals surface area contributed by atoms with E-state index in [0.717, 1.165) is 5.56 Å². The minimum absolute atomic E-state index is 0.145. The molecule has 0 aromatic heterocycles. The van der Waals surface area contributed by atoms with Crippen LogP contribution in [0.2, 0.25) is 0 Å². The third kappa shape index (κ3) is 3.32. The molecule has 0 heterocycles. The van der Waals surface area contributed by atoms with E-state index in [2.05, 4.69) is 4.85 Å². The molecule has 0 aliphatic rings. The van der Waals surface area contributed by atoms with E-state index in [1.165, 1.54) is 35.6 Å². The van der Waals surface area contributed by atoms with Gasteiger partial charge in [-0.25, -0.2) is 13.3 Å². The number of nitrogens with zero attached hydrogens (tertiary/aromatic N) is 3. The van der Waals surface area contributed by atoms with Crippen LogP contribution in [-0.4, -0.2) is 19.8 Å². The molecule has 2 aromatic carbocycles. The topological polar surface area (TPSA) is 65.5 Å². The van der Waals surface area contributed by atoms with E-state index in [4.69, 9.17) is 11.8 Å². The fourth-order valence-electron chi connectivity index (χ4n) is 1.90. The Balaban J connectivity index is 2.20. The van der Waals surface area contributed by atoms with E-state index in [9.17, 15) is 8.42 Å². The third-order valence-electron chi connectivity index (χ3n) is 3.16. The summed E-state index contributed by atoms with van der Waals surface area (Å²) in [4.78, 5) is 3.44. The molecule has 0 atom stereocenters. The van der Waals surface area contributed by atoms with Crippen LogP contribution >= 0.6 is 0 Å². The third-order valence-corrected chi connectivity index (χ3v) is 4.98. The van der Waals surface area contributed by atoms with Crippen molar-refractivity contribution in [2.75, 3.05) is 7.05 Å². The molecule has 0 bridgehead atoms. The molecule has 110 valence electrons. The van der Waals surface area contributed by atoms with E-state index >= 15 is 0 Å². The summed E-state index contributed by atoms with van der Waals surface area (Å²) < 4.78 is 26.1. The molecule has 0 N–H and O–H groups in total. The second-order valence-corrected chi connectivity index (χ2v) is 6.72. The molecular weight excluding hydrogens is 298 g/mol. The van der Waals surface area contributed by atoms with Gasteiger partial charge in [-0.15, -0.1) is 0 Å². The Hall–Kier alpha value is -2.67. The molecule has 5 nitrogen and oxygen atoms in total. The standard InChI is InChI=1S/C16H13N3O2S/c1-18-15-7-3-14(4-8-15)12-19(2)22(20,21)16-9-5-13(11-17)6-10-16/h3-10H,12H2,2H3. The lowest BCUT2D eigenvalue weighted by atomic mass is 10.2. The van der Waals surface area contributed by atoms with Gasteiger partial charge in [-0.05, 0) is 29.8 Å². The van der Waals surface area contributed by atoms with Gasteiger partial charge in [0.05, 0.1) is 23.1 Å². The highest BCUT2D eigenvalue weighted by molar-refractivity contribution is 7.89. The molecule has 0 aliphatic heterocycles. The van der Waals surface area contributed by atoms with Gasteiger partial charge in [0, 0.05) is 13.6 Å². The van der Waals surface area contributed by atoms with Crippen LogP contribution in [0.3, 0.4) is 0 Å². The number of sulfonamides is 1. The number of rotatable bonds is 4. The molecule has 0 radical (unpaired) electrons. The van der Waals surface area contributed by atoms with Crippen molar-refractivity contribution in [3.05, 3.63) is 71.1 Å². The van der Waals surface area contributed by atoms with Crippen LogP contribution in [0.15, 0.2) is 53.4 Å². The van der Waals surface area contributed by atoms with E-state index in [-0.39, 0.29) is 11.4 Å². The smallest absolute Gasteiger partial charge is 0.238 e. The van der Waals surface area contributed by atoms with Crippen LogP contribution in [0.1, 0.15) is 11.1 Å². The Bertz CT molecular complexity index is 842. The van der Waals surface area contributed by atoms with Gasteiger partial charge in [-0.2, -0.15) is 9.57 Å². The number of benzene rings is 2. The van der Waals surface area contributed by atoms with Gasteiger partial charge in [0.25, 0.3) is 0 Å². The second kappa shape index (κ2) is 6.40. The molecule has 2 aromatic rings. The lowest BCUT2D eigenvalue weighted by Gasteiger charge is -2.17. The van der Waals surface area contributed by atoms with Gasteiger partial charge < -0.3 is 0 Å². The van der Waals surface area contributed by atoms with Crippen LogP contribution < -0.4 is 0 Å². The largest absolute Gasteiger partial charge is 0.243 e. The Morgan fingerprint density at radius 2 is 1.73 bits per heavy atom. The molecule has 0 aliphatic carbocycles. The van der Waals surface area contributed by atoms with Crippen LogP contribution in [0.4, 0.5) is 5.69 Å². The maximum Gasteiger partial charge on any atom is 0.243 e. The quantitative estimate of drug-likeness (QED) is 0.815. The van der Waals surface area contributed by atoms with Gasteiger partial charge >= 0.3 is 0 Å². The van der Waals surface area contributed by atoms with Gasteiger partial charge in [0.1, 0.15) is 0 Å². The maximum atomic E-state index is 12.5. The number of nitriles is 1. The molecule has 0 fully saturated rings. The van der Waals surface area contributed by atoms with Crippen molar-refractivity contribution < 1.29 is 8.42 Å². The molecule has 0 unspecified atom stereocenters. The summed E-state index contributed by atoms with van der Waals surface area (Å²) in [6.45, 7) is 7.11. The summed E-state index contributed by atoms with van der Waals surface area (Å²) in [5.74, 6) is 0. The van der Waals surface area contributed by atoms with Crippen LogP contribution in [-0.2, 0) is 16.6 Å². The lowest BCUT2D eigenvalue weighted by Crippen LogP contribution is -2.26. The zero-order valence-electron chi connectivity index (χ0n) is 11.9. The van der Waals surface area contributed by atoms with Crippen LogP contribution in [0, 0.1) is 17.9 Å². The number of hydrogen-bond acceptors (Lipinski definition) is 3. The van der Waals surface area contributed by atoms with E-state index < -0.39 is 10.0 Å². The normalized spacial score (nSPS) is 10.9. The van der Waals surface area contributed by atoms with Gasteiger partial charge in [0.15, 0.2) is 5.69 Å². The van der Waals surface area contributed by atoms with Crippen molar-refractivity contribution >= 4 is 15.7 Å². The second-order valence-electron chi connectivity index (χ2n) is 4.68. The van der Waals surface area contributed by atoms with Crippen molar-refractivity contribution in [1.82, 2.24) is 4.31 Å². The van der Waals surface area contributed by atoms with E-state index in [1.807, 2.05) is 6.07 Å². The molecular formula is C16H13N3O2S. The predicted octanol–water partition coefficient (Wildman–Crippen LogP) is 2.93. The SMILES string of the molecule is [C-]#[N+]c1ccc(CN(C)S(=O)(=O)c2ccc(C#N)cc2)cc1. The highest BCUT2D eigenvalue weighted by Gasteiger charge is 2.20. The van der Waals surface area contributed by atoms with Crippen molar-refractivity contribution in [3.8, 4) is 6.07 Å². The van der Waals surface area contributed by atoms with Gasteiger partial charge in [-0.1, -0.05) is 24.3 Å². The highest BCUT2D eigenvalue weighted by atomic mass is 32.2. The highest BCUT2D eigenvalue weighted by Crippen LogP contribution is 2.19. The van der Waals surface area contributed by atoms with Crippen molar-refractivity contribution in [1.29, 1.82) is 5.26 Å². The van der Waals surface area contributed by atoms with E-state index in [1.54, 1.807) is 24.3 Å². The molecule has 6 heteroatoms. The summed E-state index contributed by atoms with van der Waals surface area (Å²) in [7, 11) is -2.12. The lowest BCUT2D eigenvalue weighted by molar-refractivity contribution is 0.467. The number of hydrogen-bond donors (Lipinski definition) is 0. The Kier molecular flexibility index (Phi) is 4.57. The Morgan fingerprint density at radius 1 is 1.14 bits per heavy atom. The molecule has 0 amide bonds. The zero-order valence-corrected chi connectivity index (χ0v) is 12.7. The monoisotopic (exact) mass is 311 g/mol. The van der Waals surface area contributed by atoms with Crippen LogP contribution in [0.5, 0.6) is 0 Å².